The highest BCUT2D eigenvalue weighted by Crippen LogP contribution is 2.68. The Labute approximate surface area is 225 Å². The first-order valence-corrected chi connectivity index (χ1v) is 13.3. The Morgan fingerprint density at radius 1 is 1.21 bits per heavy atom. The molecule has 0 heterocycles. The molecule has 4 rings (SSSR count). The van der Waals surface area contributed by atoms with E-state index >= 15 is 0 Å². The van der Waals surface area contributed by atoms with E-state index in [4.69, 9.17) is 14.2 Å². The van der Waals surface area contributed by atoms with Crippen LogP contribution in [-0.4, -0.2) is 65.4 Å². The number of Topliss-reactive ketones (excluding diaryl/α,β-unsaturated/α-hetero) is 1. The Balaban J connectivity index is 1.61. The summed E-state index contributed by atoms with van der Waals surface area (Å²) in [5.74, 6) is -1.88. The molecule has 3 fully saturated rings. The smallest absolute Gasteiger partial charge is 0.457 e. The summed E-state index contributed by atoms with van der Waals surface area (Å²) >= 11 is 0. The number of esters is 1. The summed E-state index contributed by atoms with van der Waals surface area (Å²) in [5, 5.41) is 20.9. The number of aliphatic hydroxyl groups excluding tert-OH is 1. The van der Waals surface area contributed by atoms with Crippen LogP contribution >= 0.6 is 0 Å². The molecule has 0 amide bonds. The number of carbonyl (C=O) groups is 4. The summed E-state index contributed by atoms with van der Waals surface area (Å²) in [6.45, 7) is 4.28. The quantitative estimate of drug-likeness (QED) is 0.255. The average molecular weight is 550 g/mol. The lowest BCUT2D eigenvalue weighted by molar-refractivity contribution is -0.757. The van der Waals surface area contributed by atoms with E-state index in [-0.39, 0.29) is 43.0 Å². The zero-order valence-corrected chi connectivity index (χ0v) is 22.4. The van der Waals surface area contributed by atoms with Crippen LogP contribution in [-0.2, 0) is 33.4 Å². The fraction of sp³-hybridized carbons (Fsp3) is 0.704. The summed E-state index contributed by atoms with van der Waals surface area (Å²) in [7, 11) is 0. The summed E-state index contributed by atoms with van der Waals surface area (Å²) in [6.07, 6.45) is 5.01. The SMILES string of the molecule is CCOC(=O)O[C@]1(C(=O)COC(=O)CCO[N+](=O)[O-])CC[C@H]2[C@@H]3CCC4=CC(=O)C=C[C@]4(C)[C@H]3[C@@H](O)C[C@@]21C. The number of hydrogen-bond acceptors (Lipinski definition) is 11. The van der Waals surface area contributed by atoms with E-state index < -0.39 is 65.2 Å². The van der Waals surface area contributed by atoms with Crippen molar-refractivity contribution in [3.8, 4) is 0 Å². The zero-order valence-electron chi connectivity index (χ0n) is 22.4. The van der Waals surface area contributed by atoms with Crippen LogP contribution in [0.2, 0.25) is 0 Å². The zero-order chi connectivity index (χ0) is 28.6. The lowest BCUT2D eigenvalue weighted by Gasteiger charge is -2.59. The van der Waals surface area contributed by atoms with Crippen LogP contribution in [0.5, 0.6) is 0 Å². The van der Waals surface area contributed by atoms with Gasteiger partial charge in [-0.3, -0.25) is 14.4 Å². The van der Waals surface area contributed by atoms with Crippen molar-refractivity contribution < 1.29 is 48.4 Å². The van der Waals surface area contributed by atoms with Gasteiger partial charge in [0.05, 0.1) is 19.1 Å². The van der Waals surface area contributed by atoms with Crippen molar-refractivity contribution >= 4 is 23.7 Å². The third-order valence-electron chi connectivity index (χ3n) is 9.45. The predicted molar refractivity (Wildman–Crippen MR) is 132 cm³/mol. The predicted octanol–water partition coefficient (Wildman–Crippen LogP) is 2.89. The lowest BCUT2D eigenvalue weighted by atomic mass is 9.46. The third kappa shape index (κ3) is 4.94. The van der Waals surface area contributed by atoms with Crippen molar-refractivity contribution in [2.45, 2.75) is 71.0 Å². The van der Waals surface area contributed by atoms with Crippen molar-refractivity contribution in [2.24, 2.45) is 28.6 Å². The number of carbonyl (C=O) groups excluding carboxylic acids is 4. The van der Waals surface area contributed by atoms with E-state index in [1.54, 1.807) is 19.1 Å². The molecule has 4 aliphatic carbocycles. The molecule has 0 aromatic rings. The molecule has 3 saturated carbocycles. The van der Waals surface area contributed by atoms with Gasteiger partial charge >= 0.3 is 12.1 Å². The van der Waals surface area contributed by atoms with Gasteiger partial charge in [0.25, 0.3) is 5.09 Å². The van der Waals surface area contributed by atoms with Crippen molar-refractivity contribution in [1.29, 1.82) is 0 Å². The maximum absolute atomic E-state index is 13.8. The molecule has 12 heteroatoms. The number of aliphatic hydroxyl groups is 1. The van der Waals surface area contributed by atoms with E-state index in [0.717, 1.165) is 5.57 Å². The summed E-state index contributed by atoms with van der Waals surface area (Å²) in [6, 6.07) is 0. The number of rotatable bonds is 9. The van der Waals surface area contributed by atoms with Crippen LogP contribution in [0.4, 0.5) is 4.79 Å². The number of nitrogens with zero attached hydrogens (tertiary/aromatic N) is 1. The number of hydrogen-bond donors (Lipinski definition) is 1. The fourth-order valence-corrected chi connectivity index (χ4v) is 7.82. The van der Waals surface area contributed by atoms with Gasteiger partial charge in [-0.15, -0.1) is 10.1 Å². The highest BCUT2D eigenvalue weighted by atomic mass is 16.9. The van der Waals surface area contributed by atoms with Crippen LogP contribution in [0.3, 0.4) is 0 Å². The Bertz CT molecular complexity index is 1120. The Morgan fingerprint density at radius 3 is 2.64 bits per heavy atom. The maximum atomic E-state index is 13.8. The van der Waals surface area contributed by atoms with Gasteiger partial charge < -0.3 is 24.2 Å². The number of allylic oxidation sites excluding steroid dienone is 4. The van der Waals surface area contributed by atoms with Gasteiger partial charge in [0.1, 0.15) is 6.61 Å². The molecule has 7 atom stereocenters. The second kappa shape index (κ2) is 10.7. The monoisotopic (exact) mass is 549 g/mol. The van der Waals surface area contributed by atoms with Gasteiger partial charge in [-0.1, -0.05) is 25.5 Å². The maximum Gasteiger partial charge on any atom is 0.509 e. The minimum Gasteiger partial charge on any atom is -0.457 e. The second-order valence-electron chi connectivity index (χ2n) is 11.3. The van der Waals surface area contributed by atoms with Crippen LogP contribution in [0.25, 0.3) is 0 Å². The van der Waals surface area contributed by atoms with Gasteiger partial charge in [0.2, 0.25) is 5.78 Å². The van der Waals surface area contributed by atoms with Gasteiger partial charge in [-0.25, -0.2) is 4.79 Å². The molecule has 0 aliphatic heterocycles. The molecule has 0 aromatic heterocycles. The minimum atomic E-state index is -1.71. The average Bonchev–Trinajstić information content (AvgIpc) is 3.14. The Kier molecular flexibility index (Phi) is 7.89. The number of ether oxygens (including phenoxy) is 3. The summed E-state index contributed by atoms with van der Waals surface area (Å²) in [4.78, 5) is 64.9. The second-order valence-corrected chi connectivity index (χ2v) is 11.3. The van der Waals surface area contributed by atoms with Crippen LogP contribution in [0, 0.1) is 38.7 Å². The van der Waals surface area contributed by atoms with Gasteiger partial charge in [0.15, 0.2) is 18.0 Å². The van der Waals surface area contributed by atoms with E-state index in [9.17, 15) is 34.4 Å². The van der Waals surface area contributed by atoms with E-state index in [1.165, 1.54) is 0 Å². The fourth-order valence-electron chi connectivity index (χ4n) is 7.82. The summed E-state index contributed by atoms with van der Waals surface area (Å²) in [5.41, 5.74) is -2.20. The van der Waals surface area contributed by atoms with Crippen LogP contribution < -0.4 is 0 Å². The van der Waals surface area contributed by atoms with E-state index in [2.05, 4.69) is 4.84 Å². The molecule has 0 radical (unpaired) electrons. The molecular weight excluding hydrogens is 514 g/mol. The molecule has 214 valence electrons. The molecule has 4 aliphatic rings. The summed E-state index contributed by atoms with van der Waals surface area (Å²) < 4.78 is 15.9. The molecule has 0 spiro atoms. The Hall–Kier alpha value is -3.28. The van der Waals surface area contributed by atoms with Gasteiger partial charge in [-0.2, -0.15) is 0 Å². The Morgan fingerprint density at radius 2 is 1.95 bits per heavy atom. The number of ketones is 2. The molecule has 0 unspecified atom stereocenters. The standard InChI is InChI=1S/C27H35NO11/c1-4-36-24(33)39-27(21(31)15-37-22(32)9-12-38-28(34)35)11-8-19-18-6-5-16-13-17(29)7-10-25(16,2)23(18)20(30)14-26(19,27)3/h7,10,13,18-20,23,30H,4-6,8-9,11-12,14-15H2,1-3H3/t18-,19-,20-,23+,25-,26-,27-/m0/s1. The highest BCUT2D eigenvalue weighted by molar-refractivity contribution is 6.01. The van der Waals surface area contributed by atoms with E-state index in [1.807, 2.05) is 19.9 Å². The van der Waals surface area contributed by atoms with Crippen molar-refractivity contribution in [1.82, 2.24) is 0 Å². The van der Waals surface area contributed by atoms with Crippen LogP contribution in [0.1, 0.15) is 59.3 Å². The van der Waals surface area contributed by atoms with Gasteiger partial charge in [-0.05, 0) is 63.0 Å². The minimum absolute atomic E-state index is 0.0129. The normalized spacial score (nSPS) is 36.5. The van der Waals surface area contributed by atoms with Gasteiger partial charge in [0, 0.05) is 16.7 Å². The molecular formula is C27H35NO11. The first-order valence-electron chi connectivity index (χ1n) is 13.3. The van der Waals surface area contributed by atoms with Crippen molar-refractivity contribution in [3.05, 3.63) is 33.9 Å². The lowest BCUT2D eigenvalue weighted by Crippen LogP contribution is -2.63. The topological polar surface area (TPSA) is 169 Å². The molecule has 1 N–H and O–H groups in total. The largest absolute Gasteiger partial charge is 0.509 e. The van der Waals surface area contributed by atoms with E-state index in [0.29, 0.717) is 19.3 Å². The first kappa shape index (κ1) is 28.7. The highest BCUT2D eigenvalue weighted by Gasteiger charge is 2.70. The third-order valence-corrected chi connectivity index (χ3v) is 9.45. The molecule has 39 heavy (non-hydrogen) atoms. The molecule has 0 aromatic carbocycles. The van der Waals surface area contributed by atoms with Crippen molar-refractivity contribution in [3.63, 3.8) is 0 Å². The van der Waals surface area contributed by atoms with Crippen molar-refractivity contribution in [2.75, 3.05) is 19.8 Å². The molecule has 0 bridgehead atoms. The molecule has 12 nitrogen and oxygen atoms in total. The molecule has 0 saturated heterocycles. The first-order chi connectivity index (χ1) is 18.4. The van der Waals surface area contributed by atoms with Crippen LogP contribution in [0.15, 0.2) is 23.8 Å². The number of fused-ring (bicyclic) bond motifs is 5.